The number of imidazole rings is 1. The van der Waals surface area contributed by atoms with Crippen molar-refractivity contribution in [2.24, 2.45) is 0 Å². The number of esters is 1. The molecule has 9 nitrogen and oxygen atoms in total. The maximum Gasteiger partial charge on any atom is 0.359 e. The van der Waals surface area contributed by atoms with Crippen LogP contribution in [0.2, 0.25) is 18.1 Å². The van der Waals surface area contributed by atoms with Gasteiger partial charge in [-0.3, -0.25) is 4.79 Å². The zero-order valence-electron chi connectivity index (χ0n) is 26.8. The average Bonchev–Trinajstić information content (AvgIpc) is 3.32. The monoisotopic (exact) mass is 624 g/mol. The first-order valence-corrected chi connectivity index (χ1v) is 18.1. The highest BCUT2D eigenvalue weighted by molar-refractivity contribution is 6.74. The van der Waals surface area contributed by atoms with Gasteiger partial charge >= 0.3 is 5.97 Å². The van der Waals surface area contributed by atoms with Gasteiger partial charge in [0.2, 0.25) is 0 Å². The van der Waals surface area contributed by atoms with Crippen LogP contribution in [0.1, 0.15) is 91.5 Å². The summed E-state index contributed by atoms with van der Waals surface area (Å²) in [5.74, 6) is 6.08. The zero-order valence-corrected chi connectivity index (χ0v) is 27.8. The number of nitrogen functional groups attached to an aromatic ring is 1. The predicted molar refractivity (Wildman–Crippen MR) is 171 cm³/mol. The van der Waals surface area contributed by atoms with Crippen LogP contribution >= 0.6 is 0 Å². The Morgan fingerprint density at radius 2 is 1.75 bits per heavy atom. The first kappa shape index (κ1) is 33.2. The van der Waals surface area contributed by atoms with Crippen LogP contribution in [-0.4, -0.2) is 49.7 Å². The van der Waals surface area contributed by atoms with Gasteiger partial charge < -0.3 is 25.1 Å². The Bertz CT molecular complexity index is 1470. The lowest BCUT2D eigenvalue weighted by atomic mass is 9.87. The molecule has 0 atom stereocenters. The molecule has 0 saturated heterocycles. The van der Waals surface area contributed by atoms with Gasteiger partial charge in [0.25, 0.3) is 5.91 Å². The highest BCUT2D eigenvalue weighted by atomic mass is 28.4. The van der Waals surface area contributed by atoms with E-state index in [-0.39, 0.29) is 47.2 Å². The standard InChI is InChI=1S/C33H45FN4O5Si/c1-8-42-32(40)29-28(37-30(38(29)35)23-13-16-25(17-14-23)43-44(6,7)33(2,3)4)22-11-9-21(10-12-22)20-36-31(39)26-19-24(34)15-18-27(26)41-5/h9-12,15,18-19,23,25H,8,13-14,16-17,20,35H2,1-7H3,(H,36,39)/t23-,25+. The molecular weight excluding hydrogens is 579 g/mol. The van der Waals surface area contributed by atoms with Crippen LogP contribution in [0.25, 0.3) is 11.3 Å². The smallest absolute Gasteiger partial charge is 0.359 e. The number of nitrogens with one attached hydrogen (secondary N) is 1. The number of hydrogen-bond acceptors (Lipinski definition) is 7. The maximum atomic E-state index is 13.7. The first-order chi connectivity index (χ1) is 20.8. The van der Waals surface area contributed by atoms with Crippen molar-refractivity contribution >= 4 is 20.2 Å². The molecule has 1 saturated carbocycles. The molecular formula is C33H45FN4O5Si. The number of nitrogens with two attached hydrogens (primary N) is 1. The fraction of sp³-hybridized carbons (Fsp3) is 0.485. The lowest BCUT2D eigenvalue weighted by molar-refractivity contribution is 0.0516. The predicted octanol–water partition coefficient (Wildman–Crippen LogP) is 6.57. The molecule has 238 valence electrons. The summed E-state index contributed by atoms with van der Waals surface area (Å²) < 4.78 is 32.3. The molecule has 1 aliphatic carbocycles. The Labute approximate surface area is 260 Å². The summed E-state index contributed by atoms with van der Waals surface area (Å²) in [5.41, 5.74) is 2.30. The summed E-state index contributed by atoms with van der Waals surface area (Å²) in [6.07, 6.45) is 3.77. The van der Waals surface area contributed by atoms with Crippen molar-refractivity contribution in [3.8, 4) is 17.0 Å². The third-order valence-electron chi connectivity index (χ3n) is 8.80. The van der Waals surface area contributed by atoms with E-state index >= 15 is 0 Å². The van der Waals surface area contributed by atoms with E-state index in [9.17, 15) is 14.0 Å². The fourth-order valence-electron chi connectivity index (χ4n) is 5.28. The van der Waals surface area contributed by atoms with Crippen molar-refractivity contribution in [2.75, 3.05) is 19.6 Å². The lowest BCUT2D eigenvalue weighted by Gasteiger charge is -2.41. The number of ether oxygens (including phenoxy) is 2. The number of halogens is 1. The second-order valence-electron chi connectivity index (χ2n) is 12.8. The summed E-state index contributed by atoms with van der Waals surface area (Å²) in [6.45, 7) is 13.5. The third-order valence-corrected chi connectivity index (χ3v) is 13.3. The highest BCUT2D eigenvalue weighted by Crippen LogP contribution is 2.41. The van der Waals surface area contributed by atoms with Gasteiger partial charge in [0.05, 0.1) is 19.3 Å². The molecule has 11 heteroatoms. The van der Waals surface area contributed by atoms with Crippen molar-refractivity contribution in [1.82, 2.24) is 15.0 Å². The van der Waals surface area contributed by atoms with Crippen molar-refractivity contribution in [3.05, 3.63) is 70.9 Å². The SMILES string of the molecule is CCOC(=O)c1c(-c2ccc(CNC(=O)c3cc(F)ccc3OC)cc2)nc([C@H]2CC[C@@H](O[Si](C)(C)C(C)(C)C)CC2)n1N. The third kappa shape index (κ3) is 7.32. The number of methoxy groups -OCH3 is 1. The quantitative estimate of drug-likeness (QED) is 0.149. The Morgan fingerprint density at radius 3 is 2.34 bits per heavy atom. The van der Waals surface area contributed by atoms with E-state index in [0.717, 1.165) is 37.3 Å². The van der Waals surface area contributed by atoms with E-state index in [4.69, 9.17) is 24.7 Å². The molecule has 0 unspecified atom stereocenters. The van der Waals surface area contributed by atoms with Crippen LogP contribution in [0.15, 0.2) is 42.5 Å². The number of nitrogens with zero attached hydrogens (tertiary/aromatic N) is 2. The van der Waals surface area contributed by atoms with Gasteiger partial charge in [-0.1, -0.05) is 45.0 Å². The molecule has 1 aromatic heterocycles. The van der Waals surface area contributed by atoms with E-state index in [0.29, 0.717) is 17.1 Å². The molecule has 1 amide bonds. The van der Waals surface area contributed by atoms with Crippen LogP contribution < -0.4 is 15.9 Å². The summed E-state index contributed by atoms with van der Waals surface area (Å²) >= 11 is 0. The molecule has 3 aromatic rings. The van der Waals surface area contributed by atoms with Crippen LogP contribution in [0.4, 0.5) is 4.39 Å². The molecule has 0 spiro atoms. The molecule has 4 rings (SSSR count). The number of rotatable bonds is 10. The Kier molecular flexibility index (Phi) is 10.2. The summed E-state index contributed by atoms with van der Waals surface area (Å²) in [4.78, 5) is 30.7. The molecule has 1 heterocycles. The second kappa shape index (κ2) is 13.5. The first-order valence-electron chi connectivity index (χ1n) is 15.2. The van der Waals surface area contributed by atoms with Crippen molar-refractivity contribution in [2.45, 2.75) is 90.1 Å². The maximum absolute atomic E-state index is 13.7. The molecule has 0 bridgehead atoms. The average molecular weight is 625 g/mol. The van der Waals surface area contributed by atoms with E-state index in [1.807, 2.05) is 24.3 Å². The summed E-state index contributed by atoms with van der Waals surface area (Å²) in [6, 6.07) is 11.1. The highest BCUT2D eigenvalue weighted by Gasteiger charge is 2.40. The fourth-order valence-corrected chi connectivity index (χ4v) is 6.70. The molecule has 1 aliphatic rings. The summed E-state index contributed by atoms with van der Waals surface area (Å²) in [7, 11) is -0.442. The number of aromatic nitrogens is 2. The topological polar surface area (TPSA) is 118 Å². The second-order valence-corrected chi connectivity index (χ2v) is 17.6. The molecule has 1 fully saturated rings. The van der Waals surface area contributed by atoms with Crippen molar-refractivity contribution in [1.29, 1.82) is 0 Å². The molecule has 0 radical (unpaired) electrons. The Balaban J connectivity index is 1.50. The van der Waals surface area contributed by atoms with Crippen LogP contribution in [0.3, 0.4) is 0 Å². The van der Waals surface area contributed by atoms with Gasteiger partial charge in [-0.25, -0.2) is 18.8 Å². The Morgan fingerprint density at radius 1 is 1.09 bits per heavy atom. The zero-order chi connectivity index (χ0) is 32.2. The van der Waals surface area contributed by atoms with Crippen LogP contribution in [0, 0.1) is 5.82 Å². The van der Waals surface area contributed by atoms with Gasteiger partial charge in [-0.2, -0.15) is 0 Å². The van der Waals surface area contributed by atoms with E-state index in [1.54, 1.807) is 6.92 Å². The van der Waals surface area contributed by atoms with Gasteiger partial charge in [0, 0.05) is 24.1 Å². The minimum atomic E-state index is -1.87. The molecule has 0 aliphatic heterocycles. The number of benzene rings is 2. The number of carbonyl (C=O) groups excluding carboxylic acids is 2. The minimum Gasteiger partial charge on any atom is -0.496 e. The largest absolute Gasteiger partial charge is 0.496 e. The van der Waals surface area contributed by atoms with Gasteiger partial charge in [-0.05, 0) is 74.5 Å². The summed E-state index contributed by atoms with van der Waals surface area (Å²) in [5, 5.41) is 2.95. The number of carbonyl (C=O) groups is 2. The molecule has 3 N–H and O–H groups in total. The van der Waals surface area contributed by atoms with Gasteiger partial charge in [-0.15, -0.1) is 0 Å². The molecule has 2 aromatic carbocycles. The van der Waals surface area contributed by atoms with Gasteiger partial charge in [0.1, 0.15) is 23.1 Å². The molecule has 44 heavy (non-hydrogen) atoms. The van der Waals surface area contributed by atoms with Crippen molar-refractivity contribution < 1.29 is 27.9 Å². The minimum absolute atomic E-state index is 0.0930. The van der Waals surface area contributed by atoms with Crippen molar-refractivity contribution in [3.63, 3.8) is 0 Å². The van der Waals surface area contributed by atoms with E-state index < -0.39 is 26.0 Å². The van der Waals surface area contributed by atoms with Crippen LogP contribution in [-0.2, 0) is 15.7 Å². The number of hydrogen-bond donors (Lipinski definition) is 2. The van der Waals surface area contributed by atoms with E-state index in [2.05, 4.69) is 39.2 Å². The number of amides is 1. The Hall–Kier alpha value is -3.70. The van der Waals surface area contributed by atoms with Crippen LogP contribution in [0.5, 0.6) is 5.75 Å². The van der Waals surface area contributed by atoms with E-state index in [1.165, 1.54) is 23.9 Å². The normalized spacial score (nSPS) is 17.3. The van der Waals surface area contributed by atoms with Gasteiger partial charge in [0.15, 0.2) is 14.0 Å². The lowest BCUT2D eigenvalue weighted by Crippen LogP contribution is -2.44.